The summed E-state index contributed by atoms with van der Waals surface area (Å²) in [4.78, 5) is 25.9. The van der Waals surface area contributed by atoms with E-state index in [-0.39, 0.29) is 11.7 Å². The first kappa shape index (κ1) is 16.8. The van der Waals surface area contributed by atoms with Crippen LogP contribution in [0.5, 0.6) is 0 Å². The number of hydrogen-bond donors (Lipinski definition) is 1. The fraction of sp³-hybridized carbons (Fsp3) is 0.263. The molecule has 0 unspecified atom stereocenters. The lowest BCUT2D eigenvalue weighted by atomic mass is 10.1. The van der Waals surface area contributed by atoms with E-state index in [1.54, 1.807) is 0 Å². The third-order valence-electron chi connectivity index (χ3n) is 3.85. The summed E-state index contributed by atoms with van der Waals surface area (Å²) in [7, 11) is 0. The maximum absolute atomic E-state index is 12.0. The molecule has 3 rings (SSSR count). The minimum Gasteiger partial charge on any atom is -0.276 e. The van der Waals surface area contributed by atoms with Gasteiger partial charge in [-0.15, -0.1) is 5.11 Å². The molecule has 3 aromatic rings. The van der Waals surface area contributed by atoms with Crippen LogP contribution in [0.3, 0.4) is 0 Å². The first-order valence-electron chi connectivity index (χ1n) is 8.23. The van der Waals surface area contributed by atoms with Gasteiger partial charge >= 0.3 is 5.69 Å². The Morgan fingerprint density at radius 2 is 1.84 bits per heavy atom. The Kier molecular flexibility index (Phi) is 4.88. The number of hydrogen-bond acceptors (Lipinski definition) is 4. The standard InChI is InChI=1S/C19H20N4O2/c1-13(2)12-23-17(10-18(24)21-19(23)25)22-20-11-15-8-5-7-14-6-3-4-9-16(14)15/h3-10,13H,11-12H2,1-2H3,(H,21,24,25). The minimum absolute atomic E-state index is 0.246. The Morgan fingerprint density at radius 3 is 2.64 bits per heavy atom. The van der Waals surface area contributed by atoms with Crippen molar-refractivity contribution in [2.75, 3.05) is 0 Å². The smallest absolute Gasteiger partial charge is 0.276 e. The average molecular weight is 336 g/mol. The third-order valence-corrected chi connectivity index (χ3v) is 3.85. The summed E-state index contributed by atoms with van der Waals surface area (Å²) in [5, 5.41) is 10.6. The highest BCUT2D eigenvalue weighted by Gasteiger charge is 2.07. The molecule has 1 aromatic heterocycles. The number of fused-ring (bicyclic) bond motifs is 1. The van der Waals surface area contributed by atoms with Gasteiger partial charge in [-0.05, 0) is 22.3 Å². The van der Waals surface area contributed by atoms with Gasteiger partial charge in [0.15, 0.2) is 5.82 Å². The predicted molar refractivity (Wildman–Crippen MR) is 98.3 cm³/mol. The zero-order valence-electron chi connectivity index (χ0n) is 14.3. The molecule has 6 nitrogen and oxygen atoms in total. The van der Waals surface area contributed by atoms with Gasteiger partial charge in [0.2, 0.25) is 0 Å². The molecule has 1 N–H and O–H groups in total. The highest BCUT2D eigenvalue weighted by atomic mass is 16.2. The molecular weight excluding hydrogens is 316 g/mol. The van der Waals surface area contributed by atoms with Crippen molar-refractivity contribution < 1.29 is 0 Å². The second kappa shape index (κ2) is 7.25. The Hall–Kier alpha value is -3.02. The van der Waals surface area contributed by atoms with Gasteiger partial charge in [0, 0.05) is 12.6 Å². The number of benzene rings is 2. The summed E-state index contributed by atoms with van der Waals surface area (Å²) in [6.45, 7) is 4.84. The molecule has 25 heavy (non-hydrogen) atoms. The van der Waals surface area contributed by atoms with E-state index in [9.17, 15) is 9.59 Å². The summed E-state index contributed by atoms with van der Waals surface area (Å²) >= 11 is 0. The molecule has 0 radical (unpaired) electrons. The van der Waals surface area contributed by atoms with Gasteiger partial charge < -0.3 is 0 Å². The zero-order chi connectivity index (χ0) is 17.8. The number of nitrogens with one attached hydrogen (secondary N) is 1. The summed E-state index contributed by atoms with van der Waals surface area (Å²) in [6.07, 6.45) is 0. The molecule has 0 amide bonds. The van der Waals surface area contributed by atoms with E-state index in [4.69, 9.17) is 0 Å². The van der Waals surface area contributed by atoms with Crippen molar-refractivity contribution in [3.05, 3.63) is 74.9 Å². The van der Waals surface area contributed by atoms with Crippen LogP contribution < -0.4 is 11.2 Å². The van der Waals surface area contributed by atoms with E-state index in [1.165, 1.54) is 10.6 Å². The number of aromatic nitrogens is 2. The summed E-state index contributed by atoms with van der Waals surface area (Å²) in [6, 6.07) is 15.4. The number of nitrogens with zero attached hydrogens (tertiary/aromatic N) is 3. The predicted octanol–water partition coefficient (Wildman–Crippen LogP) is 3.63. The molecule has 0 aliphatic rings. The number of H-pyrrole nitrogens is 1. The first-order chi connectivity index (χ1) is 12.0. The number of azo groups is 1. The van der Waals surface area contributed by atoms with Gasteiger partial charge in [-0.1, -0.05) is 56.3 Å². The fourth-order valence-electron chi connectivity index (χ4n) is 2.75. The molecular formula is C19H20N4O2. The summed E-state index contributed by atoms with van der Waals surface area (Å²) in [5.41, 5.74) is 0.119. The van der Waals surface area contributed by atoms with Gasteiger partial charge in [0.1, 0.15) is 0 Å². The van der Waals surface area contributed by atoms with Crippen LogP contribution in [0, 0.1) is 5.92 Å². The lowest BCUT2D eigenvalue weighted by Crippen LogP contribution is -2.30. The lowest BCUT2D eigenvalue weighted by Gasteiger charge is -2.10. The topological polar surface area (TPSA) is 79.6 Å². The molecule has 1 heterocycles. The van der Waals surface area contributed by atoms with E-state index in [1.807, 2.05) is 56.3 Å². The molecule has 0 saturated carbocycles. The van der Waals surface area contributed by atoms with Crippen LogP contribution in [0.15, 0.2) is 68.3 Å². The van der Waals surface area contributed by atoms with Gasteiger partial charge in [-0.3, -0.25) is 14.3 Å². The van der Waals surface area contributed by atoms with E-state index in [2.05, 4.69) is 15.2 Å². The van der Waals surface area contributed by atoms with E-state index < -0.39 is 11.2 Å². The van der Waals surface area contributed by atoms with Crippen molar-refractivity contribution in [3.63, 3.8) is 0 Å². The fourth-order valence-corrected chi connectivity index (χ4v) is 2.75. The SMILES string of the molecule is CC(C)Cn1c(N=NCc2cccc3ccccc23)cc(=O)[nH]c1=O. The normalized spacial score (nSPS) is 11.6. The van der Waals surface area contributed by atoms with Crippen LogP contribution in [0.2, 0.25) is 0 Å². The Morgan fingerprint density at radius 1 is 1.08 bits per heavy atom. The average Bonchev–Trinajstić information content (AvgIpc) is 2.58. The van der Waals surface area contributed by atoms with Crippen LogP contribution in [0.4, 0.5) is 5.82 Å². The maximum atomic E-state index is 12.0. The molecule has 2 aromatic carbocycles. The van der Waals surface area contributed by atoms with E-state index >= 15 is 0 Å². The molecule has 0 aliphatic heterocycles. The molecule has 0 bridgehead atoms. The van der Waals surface area contributed by atoms with Crippen LogP contribution in [0.25, 0.3) is 10.8 Å². The Labute approximate surface area is 144 Å². The van der Waals surface area contributed by atoms with Gasteiger partial charge in [0.05, 0.1) is 6.54 Å². The molecule has 6 heteroatoms. The second-order valence-corrected chi connectivity index (χ2v) is 6.34. The van der Waals surface area contributed by atoms with Crippen LogP contribution in [-0.4, -0.2) is 9.55 Å². The van der Waals surface area contributed by atoms with Crippen LogP contribution >= 0.6 is 0 Å². The number of rotatable bonds is 5. The Balaban J connectivity index is 1.92. The van der Waals surface area contributed by atoms with Crippen molar-refractivity contribution in [2.45, 2.75) is 26.9 Å². The number of aromatic amines is 1. The molecule has 0 fully saturated rings. The quantitative estimate of drug-likeness (QED) is 0.722. The highest BCUT2D eigenvalue weighted by molar-refractivity contribution is 5.85. The van der Waals surface area contributed by atoms with Gasteiger partial charge in [-0.25, -0.2) is 4.79 Å². The first-order valence-corrected chi connectivity index (χ1v) is 8.23. The van der Waals surface area contributed by atoms with Crippen molar-refractivity contribution in [1.29, 1.82) is 0 Å². The lowest BCUT2D eigenvalue weighted by molar-refractivity contribution is 0.503. The summed E-state index contributed by atoms with van der Waals surface area (Å²) < 4.78 is 1.44. The summed E-state index contributed by atoms with van der Waals surface area (Å²) in [5.74, 6) is 0.526. The maximum Gasteiger partial charge on any atom is 0.330 e. The van der Waals surface area contributed by atoms with E-state index in [0.717, 1.165) is 16.3 Å². The third kappa shape index (κ3) is 3.91. The minimum atomic E-state index is -0.468. The molecule has 0 spiro atoms. The second-order valence-electron chi connectivity index (χ2n) is 6.34. The van der Waals surface area contributed by atoms with Crippen LogP contribution in [0.1, 0.15) is 19.4 Å². The van der Waals surface area contributed by atoms with Crippen LogP contribution in [-0.2, 0) is 13.1 Å². The van der Waals surface area contributed by atoms with Gasteiger partial charge in [-0.2, -0.15) is 5.11 Å². The zero-order valence-corrected chi connectivity index (χ0v) is 14.3. The van der Waals surface area contributed by atoms with E-state index in [0.29, 0.717) is 13.1 Å². The van der Waals surface area contributed by atoms with Crippen molar-refractivity contribution in [1.82, 2.24) is 9.55 Å². The Bertz CT molecular complexity index is 1030. The molecule has 0 aliphatic carbocycles. The van der Waals surface area contributed by atoms with Gasteiger partial charge in [0.25, 0.3) is 5.56 Å². The molecule has 0 atom stereocenters. The molecule has 128 valence electrons. The monoisotopic (exact) mass is 336 g/mol. The highest BCUT2D eigenvalue weighted by Crippen LogP contribution is 2.20. The van der Waals surface area contributed by atoms with Crippen molar-refractivity contribution in [2.24, 2.45) is 16.1 Å². The largest absolute Gasteiger partial charge is 0.330 e. The van der Waals surface area contributed by atoms with Crippen molar-refractivity contribution in [3.8, 4) is 0 Å². The van der Waals surface area contributed by atoms with Crippen molar-refractivity contribution >= 4 is 16.6 Å². The molecule has 0 saturated heterocycles.